The van der Waals surface area contributed by atoms with Crippen molar-refractivity contribution in [1.29, 1.82) is 0 Å². The van der Waals surface area contributed by atoms with Gasteiger partial charge in [-0.2, -0.15) is 0 Å². The van der Waals surface area contributed by atoms with E-state index in [0.717, 1.165) is 16.4 Å². The smallest absolute Gasteiger partial charge is 0.337 e. The molecule has 0 spiro atoms. The molecule has 8 nitrogen and oxygen atoms in total. The van der Waals surface area contributed by atoms with Crippen LogP contribution >= 0.6 is 0 Å². The highest BCUT2D eigenvalue weighted by Gasteiger charge is 2.53. The number of aromatic nitrogens is 1. The summed E-state index contributed by atoms with van der Waals surface area (Å²) in [5, 5.41) is 15.0. The van der Waals surface area contributed by atoms with Crippen molar-refractivity contribution in [3.63, 3.8) is 0 Å². The number of hydrogen-bond acceptors (Lipinski definition) is 6. The fraction of sp³-hybridized carbons (Fsp3) is 0.231. The zero-order valence-electron chi connectivity index (χ0n) is 19.0. The van der Waals surface area contributed by atoms with Gasteiger partial charge in [0.2, 0.25) is 0 Å². The molecule has 34 heavy (non-hydrogen) atoms. The highest BCUT2D eigenvalue weighted by Crippen LogP contribution is 2.35. The van der Waals surface area contributed by atoms with Gasteiger partial charge in [0, 0.05) is 16.4 Å². The molecule has 1 unspecified atom stereocenters. The summed E-state index contributed by atoms with van der Waals surface area (Å²) >= 11 is 0. The number of allylic oxidation sites excluding steroid dienone is 5. The number of carboxylic acid groups (broad SMARTS) is 1. The standard InChI is InChI=1S/C26H24N4O4/c1-25(2,3)34-24(33)26-14-20-9-8-18(29-20)11-17-5-4-15(27-17)10-16-6-7-19(28-16)12-21(30-26)13-22(26)23(31)32/h4-14,22,27,30H,1-3H3,(H,31,32)/t22-,26?/m1/s1. The van der Waals surface area contributed by atoms with Crippen LogP contribution in [0, 0.1) is 5.92 Å². The second-order valence-corrected chi connectivity index (χ2v) is 9.47. The van der Waals surface area contributed by atoms with E-state index in [2.05, 4.69) is 20.3 Å². The van der Waals surface area contributed by atoms with Crippen molar-refractivity contribution < 1.29 is 19.4 Å². The summed E-state index contributed by atoms with van der Waals surface area (Å²) in [6.45, 7) is 5.23. The highest BCUT2D eigenvalue weighted by atomic mass is 16.6. The second kappa shape index (κ2) is 7.69. The summed E-state index contributed by atoms with van der Waals surface area (Å²) in [6, 6.07) is 3.90. The molecule has 1 aromatic heterocycles. The van der Waals surface area contributed by atoms with Crippen LogP contribution in [0.15, 0.2) is 81.7 Å². The Morgan fingerprint density at radius 2 is 1.59 bits per heavy atom. The lowest BCUT2D eigenvalue weighted by atomic mass is 9.84. The van der Waals surface area contributed by atoms with Crippen LogP contribution in [0.2, 0.25) is 0 Å². The van der Waals surface area contributed by atoms with Crippen molar-refractivity contribution in [1.82, 2.24) is 10.3 Å². The number of nitrogens with zero attached hydrogens (tertiary/aromatic N) is 2. The monoisotopic (exact) mass is 456 g/mol. The maximum atomic E-state index is 13.5. The SMILES string of the molecule is CC(C)(C)OC(=O)C12C=C3C=CC(=N3)C=c3ccc([nH]3)=CC3=NC(=CC(=C[C@@H]1C(=O)O)N2)C=C3. The average molecular weight is 457 g/mol. The van der Waals surface area contributed by atoms with Gasteiger partial charge >= 0.3 is 11.9 Å². The summed E-state index contributed by atoms with van der Waals surface area (Å²) in [6.07, 6.45) is 15.8. The number of carbonyl (C=O) groups excluding carboxylic acids is 1. The number of carboxylic acids is 1. The molecular weight excluding hydrogens is 432 g/mol. The number of H-pyrrole nitrogens is 1. The van der Waals surface area contributed by atoms with Crippen LogP contribution in [0.1, 0.15) is 20.8 Å². The Morgan fingerprint density at radius 3 is 2.21 bits per heavy atom. The highest BCUT2D eigenvalue weighted by molar-refractivity contribution is 6.20. The zero-order valence-corrected chi connectivity index (χ0v) is 19.0. The molecule has 3 N–H and O–H groups in total. The molecule has 0 fully saturated rings. The van der Waals surface area contributed by atoms with Gasteiger partial charge in [0.15, 0.2) is 5.54 Å². The van der Waals surface area contributed by atoms with Crippen LogP contribution in [0.25, 0.3) is 12.2 Å². The number of carbonyl (C=O) groups is 2. The molecule has 0 aromatic carbocycles. The number of aromatic amines is 1. The third-order valence-electron chi connectivity index (χ3n) is 5.57. The van der Waals surface area contributed by atoms with Gasteiger partial charge in [-0.25, -0.2) is 14.8 Å². The van der Waals surface area contributed by atoms with E-state index < -0.39 is 29.0 Å². The van der Waals surface area contributed by atoms with Gasteiger partial charge in [-0.15, -0.1) is 0 Å². The Bertz CT molecular complexity index is 1440. The van der Waals surface area contributed by atoms with Crippen LogP contribution < -0.4 is 16.0 Å². The van der Waals surface area contributed by atoms with Crippen LogP contribution in [0.5, 0.6) is 0 Å². The number of nitrogens with one attached hydrogen (secondary N) is 2. The topological polar surface area (TPSA) is 116 Å². The first-order chi connectivity index (χ1) is 16.1. The molecule has 8 bridgehead atoms. The van der Waals surface area contributed by atoms with Crippen LogP contribution in [0.4, 0.5) is 0 Å². The summed E-state index contributed by atoms with van der Waals surface area (Å²) in [5.41, 5.74) is 0.489. The molecule has 5 rings (SSSR count). The van der Waals surface area contributed by atoms with Gasteiger partial charge in [0.1, 0.15) is 11.5 Å². The van der Waals surface area contributed by atoms with Crippen molar-refractivity contribution in [3.05, 3.63) is 82.5 Å². The Balaban J connectivity index is 1.71. The Labute approximate surface area is 195 Å². The lowest BCUT2D eigenvalue weighted by molar-refractivity contribution is -0.165. The molecule has 172 valence electrons. The van der Waals surface area contributed by atoms with E-state index in [4.69, 9.17) is 4.74 Å². The molecule has 0 aliphatic carbocycles. The Hall–Kier alpha value is -4.20. The van der Waals surface area contributed by atoms with Gasteiger partial charge in [-0.3, -0.25) is 4.79 Å². The van der Waals surface area contributed by atoms with E-state index in [1.54, 1.807) is 32.9 Å². The van der Waals surface area contributed by atoms with Gasteiger partial charge in [-0.05, 0) is 87.6 Å². The first-order valence-electron chi connectivity index (χ1n) is 10.9. The number of rotatable bonds is 2. The molecule has 4 aliphatic heterocycles. The van der Waals surface area contributed by atoms with E-state index in [1.165, 1.54) is 12.2 Å². The van der Waals surface area contributed by atoms with E-state index in [-0.39, 0.29) is 0 Å². The van der Waals surface area contributed by atoms with Gasteiger partial charge in [-0.1, -0.05) is 0 Å². The predicted molar refractivity (Wildman–Crippen MR) is 129 cm³/mol. The van der Waals surface area contributed by atoms with Crippen molar-refractivity contribution in [2.45, 2.75) is 31.9 Å². The normalized spacial score (nSPS) is 24.7. The largest absolute Gasteiger partial charge is 0.481 e. The molecule has 0 amide bonds. The van der Waals surface area contributed by atoms with Gasteiger partial charge in [0.25, 0.3) is 0 Å². The Morgan fingerprint density at radius 1 is 0.971 bits per heavy atom. The molecule has 0 radical (unpaired) electrons. The van der Waals surface area contributed by atoms with Crippen LogP contribution in [0.3, 0.4) is 0 Å². The first-order valence-corrected chi connectivity index (χ1v) is 10.9. The average Bonchev–Trinajstić information content (AvgIpc) is 3.50. The molecule has 0 saturated heterocycles. The minimum absolute atomic E-state index is 0.463. The fourth-order valence-electron chi connectivity index (χ4n) is 4.16. The number of aliphatic imine (C=N–C) groups is 2. The van der Waals surface area contributed by atoms with Crippen LogP contribution in [-0.4, -0.2) is 44.6 Å². The summed E-state index contributed by atoms with van der Waals surface area (Å²) in [4.78, 5) is 38.3. The van der Waals surface area contributed by atoms with Crippen LogP contribution in [-0.2, 0) is 14.3 Å². The number of fused-ring (bicyclic) bond motifs is 6. The number of esters is 1. The lowest BCUT2D eigenvalue weighted by Gasteiger charge is -2.33. The molecular formula is C26H24N4O4. The van der Waals surface area contributed by atoms with Gasteiger partial charge in [0.05, 0.1) is 22.8 Å². The minimum atomic E-state index is -1.68. The fourth-order valence-corrected chi connectivity index (χ4v) is 4.16. The van der Waals surface area contributed by atoms with Crippen molar-refractivity contribution >= 4 is 35.5 Å². The van der Waals surface area contributed by atoms with E-state index >= 15 is 0 Å². The molecule has 2 atom stereocenters. The zero-order chi connectivity index (χ0) is 24.1. The predicted octanol–water partition coefficient (Wildman–Crippen LogP) is 1.65. The van der Waals surface area contributed by atoms with Gasteiger partial charge < -0.3 is 20.1 Å². The first kappa shape index (κ1) is 21.6. The number of hydrogen-bond donors (Lipinski definition) is 3. The molecule has 5 heterocycles. The summed E-state index contributed by atoms with van der Waals surface area (Å²) in [5.74, 6) is -3.06. The quantitative estimate of drug-likeness (QED) is 0.585. The van der Waals surface area contributed by atoms with E-state index in [9.17, 15) is 14.7 Å². The van der Waals surface area contributed by atoms with Crippen molar-refractivity contribution in [2.75, 3.05) is 0 Å². The molecule has 0 saturated carbocycles. The minimum Gasteiger partial charge on any atom is -0.481 e. The van der Waals surface area contributed by atoms with Crippen molar-refractivity contribution in [2.24, 2.45) is 15.9 Å². The maximum Gasteiger partial charge on any atom is 0.337 e. The van der Waals surface area contributed by atoms with Crippen molar-refractivity contribution in [3.8, 4) is 0 Å². The summed E-state index contributed by atoms with van der Waals surface area (Å²) < 4.78 is 5.68. The van der Waals surface area contributed by atoms with E-state index in [1.807, 2.05) is 42.5 Å². The Kier molecular flexibility index (Phi) is 4.89. The third kappa shape index (κ3) is 4.10. The molecule has 1 aromatic rings. The maximum absolute atomic E-state index is 13.5. The van der Waals surface area contributed by atoms with E-state index in [0.29, 0.717) is 22.8 Å². The third-order valence-corrected chi connectivity index (χ3v) is 5.57. The number of aliphatic carboxylic acids is 1. The molecule has 4 aliphatic rings. The number of ether oxygens (including phenoxy) is 1. The lowest BCUT2D eigenvalue weighted by Crippen LogP contribution is -2.56. The summed E-state index contributed by atoms with van der Waals surface area (Å²) in [7, 11) is 0. The molecule has 8 heteroatoms. The second-order valence-electron chi connectivity index (χ2n) is 9.47.